The summed E-state index contributed by atoms with van der Waals surface area (Å²) < 4.78 is 4.91. The van der Waals surface area contributed by atoms with Crippen LogP contribution < -0.4 is 10.6 Å². The Morgan fingerprint density at radius 1 is 1.17 bits per heavy atom. The number of hydrogen-bond acceptors (Lipinski definition) is 6. The van der Waals surface area contributed by atoms with Crippen LogP contribution in [-0.2, 0) is 19.1 Å². The fourth-order valence-electron chi connectivity index (χ4n) is 2.56. The van der Waals surface area contributed by atoms with E-state index in [1.165, 1.54) is 12.1 Å². The third-order valence-corrected chi connectivity index (χ3v) is 4.70. The molecule has 1 atom stereocenters. The van der Waals surface area contributed by atoms with Crippen molar-refractivity contribution in [3.63, 3.8) is 0 Å². The summed E-state index contributed by atoms with van der Waals surface area (Å²) >= 11 is 0. The highest BCUT2D eigenvalue weighted by Crippen LogP contribution is 2.20. The van der Waals surface area contributed by atoms with E-state index < -0.39 is 42.4 Å². The Bertz CT molecular complexity index is 833. The predicted molar refractivity (Wildman–Crippen MR) is 104 cm³/mol. The summed E-state index contributed by atoms with van der Waals surface area (Å²) in [5.41, 5.74) is -0.191. The summed E-state index contributed by atoms with van der Waals surface area (Å²) in [6.45, 7) is 5.78. The monoisotopic (exact) mass is 403 g/mol. The van der Waals surface area contributed by atoms with E-state index in [2.05, 4.69) is 10.6 Å². The molecule has 156 valence electrons. The van der Waals surface area contributed by atoms with Crippen LogP contribution in [0.4, 0.5) is 10.5 Å². The number of hydrogen-bond donors (Lipinski definition) is 2. The largest absolute Gasteiger partial charge is 0.456 e. The zero-order valence-electron chi connectivity index (χ0n) is 16.9. The van der Waals surface area contributed by atoms with E-state index in [9.17, 15) is 24.0 Å². The van der Waals surface area contributed by atoms with E-state index in [-0.39, 0.29) is 11.8 Å². The summed E-state index contributed by atoms with van der Waals surface area (Å²) in [4.78, 5) is 60.7. The summed E-state index contributed by atoms with van der Waals surface area (Å²) in [6.07, 6.45) is 0.384. The number of benzene rings is 1. The van der Waals surface area contributed by atoms with Gasteiger partial charge in [0.2, 0.25) is 5.91 Å². The molecule has 1 aromatic rings. The Morgan fingerprint density at radius 2 is 1.79 bits per heavy atom. The molecule has 1 fully saturated rings. The van der Waals surface area contributed by atoms with Gasteiger partial charge in [-0.1, -0.05) is 20.8 Å². The molecule has 29 heavy (non-hydrogen) atoms. The Hall–Kier alpha value is -3.23. The number of carbonyl (C=O) groups is 5. The Kier molecular flexibility index (Phi) is 6.73. The van der Waals surface area contributed by atoms with Gasteiger partial charge in [-0.2, -0.15) is 0 Å². The van der Waals surface area contributed by atoms with E-state index in [0.717, 1.165) is 4.90 Å². The van der Waals surface area contributed by atoms with Crippen LogP contribution in [0.25, 0.3) is 0 Å². The number of Topliss-reactive ketones (excluding diaryl/α,β-unsaturated/α-hetero) is 1. The second-order valence-corrected chi connectivity index (χ2v) is 7.31. The van der Waals surface area contributed by atoms with Crippen LogP contribution in [-0.4, -0.2) is 53.2 Å². The SMILES string of the molecule is CC[C@@]1(C)NC(=O)N(CC(=O)OCC(=O)c2ccc(NC(=O)C(C)C)cc2)C1=O. The Morgan fingerprint density at radius 3 is 2.31 bits per heavy atom. The highest BCUT2D eigenvalue weighted by Gasteiger charge is 2.47. The fraction of sp³-hybridized carbons (Fsp3) is 0.450. The van der Waals surface area contributed by atoms with Gasteiger partial charge in [0.15, 0.2) is 12.4 Å². The van der Waals surface area contributed by atoms with E-state index >= 15 is 0 Å². The highest BCUT2D eigenvalue weighted by atomic mass is 16.5. The average molecular weight is 403 g/mol. The molecule has 1 saturated heterocycles. The molecule has 1 aliphatic heterocycles. The molecule has 4 amide bonds. The number of ether oxygens (including phenoxy) is 1. The molecule has 0 radical (unpaired) electrons. The summed E-state index contributed by atoms with van der Waals surface area (Å²) in [7, 11) is 0. The molecule has 0 aromatic heterocycles. The molecule has 2 N–H and O–H groups in total. The van der Waals surface area contributed by atoms with Gasteiger partial charge >= 0.3 is 12.0 Å². The molecule has 1 aromatic carbocycles. The second-order valence-electron chi connectivity index (χ2n) is 7.31. The lowest BCUT2D eigenvalue weighted by Crippen LogP contribution is -2.43. The molecule has 0 spiro atoms. The van der Waals surface area contributed by atoms with Gasteiger partial charge < -0.3 is 15.4 Å². The first-order valence-electron chi connectivity index (χ1n) is 9.31. The molecule has 2 rings (SSSR count). The van der Waals surface area contributed by atoms with Crippen LogP contribution in [0.2, 0.25) is 0 Å². The molecule has 0 aliphatic carbocycles. The first kappa shape index (κ1) is 22.1. The maximum absolute atomic E-state index is 12.3. The van der Waals surface area contributed by atoms with Crippen molar-refractivity contribution in [2.45, 2.75) is 39.7 Å². The summed E-state index contributed by atoms with van der Waals surface area (Å²) in [6, 6.07) is 5.51. The molecule has 9 heteroatoms. The second kappa shape index (κ2) is 8.85. The standard InChI is InChI=1S/C20H25N3O6/c1-5-20(4)18(27)23(19(28)22-20)10-16(25)29-11-15(24)13-6-8-14(9-7-13)21-17(26)12(2)3/h6-9,12H,5,10-11H2,1-4H3,(H,21,26)(H,22,28)/t20-/m1/s1. The van der Waals surface area contributed by atoms with Gasteiger partial charge in [-0.25, -0.2) is 4.79 Å². The molecule has 0 bridgehead atoms. The first-order chi connectivity index (χ1) is 13.6. The quantitative estimate of drug-likeness (QED) is 0.387. The van der Waals surface area contributed by atoms with Crippen LogP contribution in [0.3, 0.4) is 0 Å². The van der Waals surface area contributed by atoms with E-state index in [4.69, 9.17) is 4.74 Å². The summed E-state index contributed by atoms with van der Waals surface area (Å²) in [5.74, 6) is -2.13. The van der Waals surface area contributed by atoms with Crippen molar-refractivity contribution in [2.75, 3.05) is 18.5 Å². The van der Waals surface area contributed by atoms with Crippen molar-refractivity contribution in [3.8, 4) is 0 Å². The Labute approximate surface area is 168 Å². The zero-order chi connectivity index (χ0) is 21.8. The van der Waals surface area contributed by atoms with Crippen molar-refractivity contribution in [3.05, 3.63) is 29.8 Å². The lowest BCUT2D eigenvalue weighted by molar-refractivity contribution is -0.146. The van der Waals surface area contributed by atoms with Crippen LogP contribution in [0.5, 0.6) is 0 Å². The van der Waals surface area contributed by atoms with E-state index in [1.54, 1.807) is 39.8 Å². The minimum absolute atomic E-state index is 0.141. The van der Waals surface area contributed by atoms with Gasteiger partial charge in [0.1, 0.15) is 12.1 Å². The van der Waals surface area contributed by atoms with Crippen LogP contribution in [0.15, 0.2) is 24.3 Å². The summed E-state index contributed by atoms with van der Waals surface area (Å²) in [5, 5.41) is 5.24. The first-order valence-corrected chi connectivity index (χ1v) is 9.31. The fourth-order valence-corrected chi connectivity index (χ4v) is 2.56. The smallest absolute Gasteiger partial charge is 0.326 e. The molecule has 9 nitrogen and oxygen atoms in total. The number of urea groups is 1. The van der Waals surface area contributed by atoms with Gasteiger partial charge in [-0.3, -0.25) is 24.1 Å². The van der Waals surface area contributed by atoms with Crippen molar-refractivity contribution in [1.29, 1.82) is 0 Å². The van der Waals surface area contributed by atoms with Crippen molar-refractivity contribution in [2.24, 2.45) is 5.92 Å². The van der Waals surface area contributed by atoms with Crippen molar-refractivity contribution >= 4 is 35.3 Å². The average Bonchev–Trinajstić information content (AvgIpc) is 2.90. The van der Waals surface area contributed by atoms with Gasteiger partial charge in [-0.05, 0) is 37.6 Å². The van der Waals surface area contributed by atoms with Crippen LogP contribution in [0, 0.1) is 5.92 Å². The maximum Gasteiger partial charge on any atom is 0.326 e. The normalized spacial score (nSPS) is 18.6. The van der Waals surface area contributed by atoms with E-state index in [0.29, 0.717) is 17.7 Å². The van der Waals surface area contributed by atoms with E-state index in [1.807, 2.05) is 0 Å². The molecule has 1 heterocycles. The molecular formula is C20H25N3O6. The minimum atomic E-state index is -1.04. The topological polar surface area (TPSA) is 122 Å². The van der Waals surface area contributed by atoms with Crippen molar-refractivity contribution < 1.29 is 28.7 Å². The minimum Gasteiger partial charge on any atom is -0.456 e. The molecule has 1 aliphatic rings. The number of imide groups is 1. The Balaban J connectivity index is 1.87. The van der Waals surface area contributed by atoms with Gasteiger partial charge in [-0.15, -0.1) is 0 Å². The lowest BCUT2D eigenvalue weighted by Gasteiger charge is -2.18. The number of anilines is 1. The number of nitrogens with zero attached hydrogens (tertiary/aromatic N) is 1. The molecule has 0 saturated carbocycles. The number of ketones is 1. The van der Waals surface area contributed by atoms with Crippen LogP contribution >= 0.6 is 0 Å². The third-order valence-electron chi connectivity index (χ3n) is 4.70. The number of carbonyl (C=O) groups excluding carboxylic acids is 5. The predicted octanol–water partition coefficient (Wildman–Crippen LogP) is 1.73. The third kappa shape index (κ3) is 5.18. The van der Waals surface area contributed by atoms with Gasteiger partial charge in [0, 0.05) is 17.2 Å². The molecule has 0 unspecified atom stereocenters. The van der Waals surface area contributed by atoms with Crippen molar-refractivity contribution in [1.82, 2.24) is 10.2 Å². The van der Waals surface area contributed by atoms with Gasteiger partial charge in [0.25, 0.3) is 5.91 Å². The van der Waals surface area contributed by atoms with Gasteiger partial charge in [0.05, 0.1) is 0 Å². The number of rotatable bonds is 8. The lowest BCUT2D eigenvalue weighted by atomic mass is 9.99. The number of nitrogens with one attached hydrogen (secondary N) is 2. The highest BCUT2D eigenvalue weighted by molar-refractivity contribution is 6.08. The number of amides is 4. The number of esters is 1. The van der Waals surface area contributed by atoms with Crippen LogP contribution in [0.1, 0.15) is 44.5 Å². The zero-order valence-corrected chi connectivity index (χ0v) is 16.9. The molecular weight excluding hydrogens is 378 g/mol. The maximum atomic E-state index is 12.3.